The van der Waals surface area contributed by atoms with Crippen LogP contribution in [-0.4, -0.2) is 14.8 Å². The minimum Gasteiger partial charge on any atom is -0.340 e. The van der Waals surface area contributed by atoms with Crippen LogP contribution in [0.15, 0.2) is 60.8 Å². The van der Waals surface area contributed by atoms with Crippen LogP contribution >= 0.6 is 12.2 Å². The summed E-state index contributed by atoms with van der Waals surface area (Å²) in [6, 6.07) is 18.6. The molecule has 106 valence electrons. The number of hydroxylamine groups is 1. The highest BCUT2D eigenvalue weighted by Gasteiger charge is 2.11. The van der Waals surface area contributed by atoms with E-state index in [0.717, 1.165) is 16.5 Å². The Kier molecular flexibility index (Phi) is 3.73. The van der Waals surface area contributed by atoms with Gasteiger partial charge in [-0.2, -0.15) is 0 Å². The van der Waals surface area contributed by atoms with Crippen molar-refractivity contribution in [2.75, 3.05) is 0 Å². The first-order valence-corrected chi connectivity index (χ1v) is 7.21. The predicted molar refractivity (Wildman–Crippen MR) is 88.8 cm³/mol. The van der Waals surface area contributed by atoms with Crippen molar-refractivity contribution in [3.05, 3.63) is 71.9 Å². The normalized spacial score (nSPS) is 12.3. The van der Waals surface area contributed by atoms with Crippen LogP contribution in [0.5, 0.6) is 0 Å². The molecule has 1 heterocycles. The summed E-state index contributed by atoms with van der Waals surface area (Å²) in [5.41, 5.74) is 5.20. The molecule has 2 aromatic carbocycles. The van der Waals surface area contributed by atoms with E-state index in [4.69, 9.17) is 17.4 Å². The van der Waals surface area contributed by atoms with Crippen LogP contribution in [0.2, 0.25) is 0 Å². The van der Waals surface area contributed by atoms with Crippen molar-refractivity contribution in [1.29, 1.82) is 0 Å². The number of thiocarbonyl (C=S) groups is 1. The van der Waals surface area contributed by atoms with Crippen LogP contribution in [0.1, 0.15) is 24.1 Å². The Balaban J connectivity index is 2.08. The van der Waals surface area contributed by atoms with Gasteiger partial charge in [-0.05, 0) is 30.0 Å². The third kappa shape index (κ3) is 2.55. The highest BCUT2D eigenvalue weighted by atomic mass is 32.1. The van der Waals surface area contributed by atoms with Crippen LogP contribution in [0.3, 0.4) is 0 Å². The zero-order valence-corrected chi connectivity index (χ0v) is 12.5. The van der Waals surface area contributed by atoms with Crippen LogP contribution in [0.4, 0.5) is 0 Å². The van der Waals surface area contributed by atoms with E-state index in [1.807, 2.05) is 41.9 Å². The molecule has 0 saturated carbocycles. The molecule has 0 bridgehead atoms. The molecule has 3 aromatic rings. The number of nitrogens with one attached hydrogen (secondary N) is 1. The van der Waals surface area contributed by atoms with Gasteiger partial charge in [-0.25, -0.2) is 0 Å². The molecule has 3 nitrogen and oxygen atoms in total. The zero-order chi connectivity index (χ0) is 14.8. The number of benzene rings is 2. The fourth-order valence-corrected chi connectivity index (χ4v) is 2.71. The average Bonchev–Trinajstić information content (AvgIpc) is 2.97. The van der Waals surface area contributed by atoms with E-state index in [9.17, 15) is 0 Å². The minimum absolute atomic E-state index is 0.231. The lowest BCUT2D eigenvalue weighted by Crippen LogP contribution is -2.17. The van der Waals surface area contributed by atoms with Gasteiger partial charge in [0.1, 0.15) is 4.99 Å². The monoisotopic (exact) mass is 296 g/mol. The highest BCUT2D eigenvalue weighted by molar-refractivity contribution is 7.80. The fourth-order valence-electron chi connectivity index (χ4n) is 2.58. The van der Waals surface area contributed by atoms with Crippen LogP contribution in [0, 0.1) is 0 Å². The maximum atomic E-state index is 8.97. The van der Waals surface area contributed by atoms with E-state index >= 15 is 0 Å². The summed E-state index contributed by atoms with van der Waals surface area (Å²) in [7, 11) is 0. The Labute approximate surface area is 128 Å². The van der Waals surface area contributed by atoms with Gasteiger partial charge in [-0.15, -0.1) is 0 Å². The third-order valence-electron chi connectivity index (χ3n) is 3.79. The summed E-state index contributed by atoms with van der Waals surface area (Å²) in [4.78, 5) is 0.331. The number of fused-ring (bicyclic) bond motifs is 1. The molecule has 1 unspecified atom stereocenters. The number of aromatic nitrogens is 1. The first-order valence-electron chi connectivity index (χ1n) is 6.80. The lowest BCUT2D eigenvalue weighted by molar-refractivity contribution is 0.238. The van der Waals surface area contributed by atoms with E-state index in [2.05, 4.69) is 35.9 Å². The molecule has 0 aliphatic rings. The van der Waals surface area contributed by atoms with Gasteiger partial charge in [0.05, 0.1) is 6.04 Å². The van der Waals surface area contributed by atoms with Crippen molar-refractivity contribution in [3.8, 4) is 0 Å². The van der Waals surface area contributed by atoms with E-state index in [1.165, 1.54) is 5.56 Å². The number of rotatable bonds is 3. The predicted octanol–water partition coefficient (Wildman–Crippen LogP) is 3.90. The number of hydrogen-bond donors (Lipinski definition) is 2. The molecular weight excluding hydrogens is 280 g/mol. The first kappa shape index (κ1) is 13.8. The Hall–Kier alpha value is -2.17. The minimum atomic E-state index is 0.231. The van der Waals surface area contributed by atoms with Crippen LogP contribution in [0.25, 0.3) is 10.9 Å². The first-order chi connectivity index (χ1) is 10.2. The standard InChI is InChI=1S/C17H16N2OS/c1-12(13-5-3-2-4-6-13)19-10-9-14-7-8-15(11-16(14)19)17(21)18-20/h2-12,20H,1H3,(H,18,21). The van der Waals surface area contributed by atoms with Crippen molar-refractivity contribution < 1.29 is 5.21 Å². The summed E-state index contributed by atoms with van der Waals surface area (Å²) in [6.45, 7) is 2.17. The molecule has 0 fully saturated rings. The Morgan fingerprint density at radius 2 is 1.90 bits per heavy atom. The number of hydrogen-bond acceptors (Lipinski definition) is 2. The van der Waals surface area contributed by atoms with Crippen molar-refractivity contribution in [2.45, 2.75) is 13.0 Å². The molecule has 0 saturated heterocycles. The van der Waals surface area contributed by atoms with Gasteiger partial charge < -0.3 is 4.57 Å². The molecule has 3 rings (SSSR count). The van der Waals surface area contributed by atoms with Crippen molar-refractivity contribution in [2.24, 2.45) is 0 Å². The quantitative estimate of drug-likeness (QED) is 0.568. The Morgan fingerprint density at radius 1 is 1.14 bits per heavy atom. The van der Waals surface area contributed by atoms with E-state index in [-0.39, 0.29) is 6.04 Å². The fraction of sp³-hybridized carbons (Fsp3) is 0.118. The summed E-state index contributed by atoms with van der Waals surface area (Å²) in [5.74, 6) is 0. The Bertz CT molecular complexity index is 780. The smallest absolute Gasteiger partial charge is 0.130 e. The Morgan fingerprint density at radius 3 is 2.62 bits per heavy atom. The van der Waals surface area contributed by atoms with E-state index in [0.29, 0.717) is 4.99 Å². The van der Waals surface area contributed by atoms with Crippen LogP contribution in [-0.2, 0) is 0 Å². The van der Waals surface area contributed by atoms with Gasteiger partial charge in [-0.1, -0.05) is 54.7 Å². The highest BCUT2D eigenvalue weighted by Crippen LogP contribution is 2.25. The van der Waals surface area contributed by atoms with Gasteiger partial charge in [0.25, 0.3) is 0 Å². The molecule has 0 spiro atoms. The topological polar surface area (TPSA) is 37.2 Å². The van der Waals surface area contributed by atoms with Gasteiger partial charge in [0, 0.05) is 17.3 Å². The van der Waals surface area contributed by atoms with Gasteiger partial charge >= 0.3 is 0 Å². The van der Waals surface area contributed by atoms with E-state index < -0.39 is 0 Å². The molecule has 4 heteroatoms. The second kappa shape index (κ2) is 5.68. The van der Waals surface area contributed by atoms with Crippen molar-refractivity contribution in [1.82, 2.24) is 10.0 Å². The summed E-state index contributed by atoms with van der Waals surface area (Å²) in [5, 5.41) is 10.1. The zero-order valence-electron chi connectivity index (χ0n) is 11.7. The van der Waals surface area contributed by atoms with Gasteiger partial charge in [-0.3, -0.25) is 10.7 Å². The van der Waals surface area contributed by atoms with Crippen LogP contribution < -0.4 is 5.48 Å². The molecule has 1 atom stereocenters. The van der Waals surface area contributed by atoms with Crippen molar-refractivity contribution in [3.63, 3.8) is 0 Å². The molecule has 0 aliphatic heterocycles. The third-order valence-corrected chi connectivity index (χ3v) is 4.11. The summed E-state index contributed by atoms with van der Waals surface area (Å²) >= 11 is 5.09. The summed E-state index contributed by atoms with van der Waals surface area (Å²) in [6.07, 6.45) is 2.08. The molecule has 1 aromatic heterocycles. The SMILES string of the molecule is CC(c1ccccc1)n1ccc2ccc(C(=S)NO)cc21. The lowest BCUT2D eigenvalue weighted by atomic mass is 10.1. The second-order valence-electron chi connectivity index (χ2n) is 5.02. The van der Waals surface area contributed by atoms with Gasteiger partial charge in [0.2, 0.25) is 0 Å². The van der Waals surface area contributed by atoms with Gasteiger partial charge in [0.15, 0.2) is 0 Å². The maximum absolute atomic E-state index is 8.97. The number of nitrogens with zero attached hydrogens (tertiary/aromatic N) is 1. The molecule has 2 N–H and O–H groups in total. The largest absolute Gasteiger partial charge is 0.340 e. The lowest BCUT2D eigenvalue weighted by Gasteiger charge is -2.16. The average molecular weight is 296 g/mol. The molecule has 0 aliphatic carbocycles. The molecule has 21 heavy (non-hydrogen) atoms. The molecule has 0 radical (unpaired) electrons. The molecular formula is C17H16N2OS. The maximum Gasteiger partial charge on any atom is 0.130 e. The molecule has 0 amide bonds. The summed E-state index contributed by atoms with van der Waals surface area (Å²) < 4.78 is 2.22. The van der Waals surface area contributed by atoms with E-state index in [1.54, 1.807) is 0 Å². The second-order valence-corrected chi connectivity index (χ2v) is 5.43. The van der Waals surface area contributed by atoms with Crippen molar-refractivity contribution >= 4 is 28.1 Å².